The van der Waals surface area contributed by atoms with Crippen molar-refractivity contribution in [1.29, 1.82) is 0 Å². The minimum atomic E-state index is -4.51. The Bertz CT molecular complexity index is 358. The van der Waals surface area contributed by atoms with Gasteiger partial charge in [-0.05, 0) is 31.3 Å². The third kappa shape index (κ3) is 4.19. The van der Waals surface area contributed by atoms with Crippen molar-refractivity contribution in [3.8, 4) is 0 Å². The van der Waals surface area contributed by atoms with Crippen molar-refractivity contribution in [3.05, 3.63) is 0 Å². The first-order valence-corrected chi connectivity index (χ1v) is 6.98. The Labute approximate surface area is 112 Å². The van der Waals surface area contributed by atoms with E-state index in [0.717, 1.165) is 0 Å². The van der Waals surface area contributed by atoms with Gasteiger partial charge in [0.1, 0.15) is 11.6 Å². The number of carboxylic acids is 1. The Hall–Kier alpha value is -1.12. The summed E-state index contributed by atoms with van der Waals surface area (Å²) in [5.74, 6) is -0.775. The second-order valence-corrected chi connectivity index (χ2v) is 5.34. The van der Waals surface area contributed by atoms with Crippen LogP contribution in [0.15, 0.2) is 0 Å². The van der Waals surface area contributed by atoms with Crippen molar-refractivity contribution in [3.63, 3.8) is 0 Å². The van der Waals surface area contributed by atoms with Gasteiger partial charge in [0.15, 0.2) is 0 Å². The van der Waals surface area contributed by atoms with Gasteiger partial charge in [-0.15, -0.1) is 0 Å². The maximum Gasteiger partial charge on any atom is 0.411 e. The quantitative estimate of drug-likeness (QED) is 0.696. The highest BCUT2D eigenvalue weighted by molar-refractivity contribution is 7.98. The van der Waals surface area contributed by atoms with Crippen LogP contribution in [0.5, 0.6) is 0 Å². The lowest BCUT2D eigenvalue weighted by molar-refractivity contribution is -0.162. The number of urea groups is 1. The molecule has 0 heterocycles. The molecule has 5 nitrogen and oxygen atoms in total. The highest BCUT2D eigenvalue weighted by Gasteiger charge is 2.64. The van der Waals surface area contributed by atoms with Crippen molar-refractivity contribution in [1.82, 2.24) is 10.6 Å². The minimum Gasteiger partial charge on any atom is -0.480 e. The van der Waals surface area contributed by atoms with E-state index in [0.29, 0.717) is 5.75 Å². The van der Waals surface area contributed by atoms with E-state index >= 15 is 0 Å². The van der Waals surface area contributed by atoms with E-state index in [1.165, 1.54) is 11.8 Å². The fourth-order valence-corrected chi connectivity index (χ4v) is 1.98. The first kappa shape index (κ1) is 15.9. The molecule has 0 aromatic heterocycles. The van der Waals surface area contributed by atoms with E-state index in [1.807, 2.05) is 5.32 Å². The summed E-state index contributed by atoms with van der Waals surface area (Å²) in [6.45, 7) is 0. The summed E-state index contributed by atoms with van der Waals surface area (Å²) >= 11 is 1.39. The van der Waals surface area contributed by atoms with Gasteiger partial charge >= 0.3 is 18.2 Å². The summed E-state index contributed by atoms with van der Waals surface area (Å²) in [5, 5.41) is 12.7. The number of carboxylic acid groups (broad SMARTS) is 1. The summed E-state index contributed by atoms with van der Waals surface area (Å²) in [4.78, 5) is 22.3. The largest absolute Gasteiger partial charge is 0.480 e. The van der Waals surface area contributed by atoms with Gasteiger partial charge in [0.05, 0.1) is 0 Å². The third-order valence-corrected chi connectivity index (χ3v) is 3.50. The lowest BCUT2D eigenvalue weighted by Crippen LogP contribution is -2.54. The molecule has 1 saturated carbocycles. The number of aliphatic carboxylic acids is 1. The molecule has 1 aliphatic carbocycles. The molecule has 1 unspecified atom stereocenters. The summed E-state index contributed by atoms with van der Waals surface area (Å²) in [7, 11) is 0. The standard InChI is InChI=1S/C10H15F3N2O3S/c1-19-5-2-6(7(16)17)14-8(18)15-9(3-4-9)10(11,12)13/h6H,2-5H2,1H3,(H,16,17)(H2,14,15,18). The molecule has 0 aromatic carbocycles. The molecule has 1 fully saturated rings. The molecule has 0 bridgehead atoms. The highest BCUT2D eigenvalue weighted by atomic mass is 32.2. The highest BCUT2D eigenvalue weighted by Crippen LogP contribution is 2.48. The predicted octanol–water partition coefficient (Wildman–Crippen LogP) is 1.59. The number of rotatable bonds is 6. The molecule has 0 saturated heterocycles. The molecule has 0 radical (unpaired) electrons. The summed E-state index contributed by atoms with van der Waals surface area (Å²) in [6.07, 6.45) is -2.94. The Morgan fingerprint density at radius 2 is 2.00 bits per heavy atom. The number of halogens is 3. The van der Waals surface area contributed by atoms with Crippen LogP contribution in [-0.4, -0.2) is 46.9 Å². The molecule has 2 amide bonds. The Balaban J connectivity index is 2.52. The van der Waals surface area contributed by atoms with E-state index < -0.39 is 29.8 Å². The van der Waals surface area contributed by atoms with E-state index in [1.54, 1.807) is 6.26 Å². The van der Waals surface area contributed by atoms with Gasteiger partial charge in [-0.25, -0.2) is 9.59 Å². The second-order valence-electron chi connectivity index (χ2n) is 4.35. The molecular weight excluding hydrogens is 285 g/mol. The average Bonchev–Trinajstić information content (AvgIpc) is 3.03. The number of hydrogen-bond donors (Lipinski definition) is 3. The predicted molar refractivity (Wildman–Crippen MR) is 64.1 cm³/mol. The summed E-state index contributed by atoms with van der Waals surface area (Å²) in [6, 6.07) is -2.28. The first-order chi connectivity index (χ1) is 8.72. The van der Waals surface area contributed by atoms with Gasteiger partial charge in [-0.3, -0.25) is 0 Å². The lowest BCUT2D eigenvalue weighted by Gasteiger charge is -2.22. The first-order valence-electron chi connectivity index (χ1n) is 5.59. The van der Waals surface area contributed by atoms with Crippen LogP contribution in [0.3, 0.4) is 0 Å². The van der Waals surface area contributed by atoms with Gasteiger partial charge in [0, 0.05) is 0 Å². The second kappa shape index (κ2) is 5.89. The molecular formula is C10H15F3N2O3S. The number of nitrogens with one attached hydrogen (secondary N) is 2. The van der Waals surface area contributed by atoms with Crippen molar-refractivity contribution in [2.45, 2.75) is 37.0 Å². The lowest BCUT2D eigenvalue weighted by atomic mass is 10.2. The smallest absolute Gasteiger partial charge is 0.411 e. The van der Waals surface area contributed by atoms with Gasteiger partial charge in [-0.2, -0.15) is 24.9 Å². The Morgan fingerprint density at radius 1 is 1.42 bits per heavy atom. The van der Waals surface area contributed by atoms with E-state index in [-0.39, 0.29) is 19.3 Å². The summed E-state index contributed by atoms with van der Waals surface area (Å²) in [5.41, 5.74) is -2.18. The zero-order valence-electron chi connectivity index (χ0n) is 10.2. The SMILES string of the molecule is CSCCC(NC(=O)NC1(C(F)(F)F)CC1)C(=O)O. The van der Waals surface area contributed by atoms with Crippen molar-refractivity contribution >= 4 is 23.8 Å². The number of amides is 2. The molecule has 1 atom stereocenters. The minimum absolute atomic E-state index is 0.156. The molecule has 1 aliphatic rings. The fourth-order valence-electron chi connectivity index (χ4n) is 1.51. The monoisotopic (exact) mass is 300 g/mol. The molecule has 9 heteroatoms. The molecule has 1 rings (SSSR count). The number of carbonyl (C=O) groups is 2. The Kier molecular flexibility index (Phi) is 4.94. The van der Waals surface area contributed by atoms with Crippen molar-refractivity contribution < 1.29 is 27.9 Å². The number of hydrogen-bond acceptors (Lipinski definition) is 3. The zero-order chi connectivity index (χ0) is 14.7. The molecule has 0 aliphatic heterocycles. The van der Waals surface area contributed by atoms with Crippen LogP contribution in [-0.2, 0) is 4.79 Å². The molecule has 0 spiro atoms. The normalized spacial score (nSPS) is 18.5. The molecule has 19 heavy (non-hydrogen) atoms. The van der Waals surface area contributed by atoms with Gasteiger partial charge in [0.25, 0.3) is 0 Å². The van der Waals surface area contributed by atoms with Gasteiger partial charge in [-0.1, -0.05) is 0 Å². The van der Waals surface area contributed by atoms with E-state index in [9.17, 15) is 22.8 Å². The maximum atomic E-state index is 12.6. The van der Waals surface area contributed by atoms with Crippen LogP contribution in [0.2, 0.25) is 0 Å². The number of alkyl halides is 3. The van der Waals surface area contributed by atoms with Gasteiger partial charge < -0.3 is 15.7 Å². The van der Waals surface area contributed by atoms with Crippen LogP contribution in [0.4, 0.5) is 18.0 Å². The van der Waals surface area contributed by atoms with Crippen LogP contribution < -0.4 is 10.6 Å². The van der Waals surface area contributed by atoms with Crippen LogP contribution in [0.25, 0.3) is 0 Å². The third-order valence-electron chi connectivity index (χ3n) is 2.86. The summed E-state index contributed by atoms with van der Waals surface area (Å²) < 4.78 is 37.8. The number of thioether (sulfide) groups is 1. The van der Waals surface area contributed by atoms with Crippen LogP contribution >= 0.6 is 11.8 Å². The van der Waals surface area contributed by atoms with Crippen LogP contribution in [0, 0.1) is 0 Å². The topological polar surface area (TPSA) is 78.4 Å². The van der Waals surface area contributed by atoms with Crippen molar-refractivity contribution in [2.75, 3.05) is 12.0 Å². The van der Waals surface area contributed by atoms with Gasteiger partial charge in [0.2, 0.25) is 0 Å². The van der Waals surface area contributed by atoms with Crippen molar-refractivity contribution in [2.24, 2.45) is 0 Å². The Morgan fingerprint density at radius 3 is 2.37 bits per heavy atom. The van der Waals surface area contributed by atoms with E-state index in [4.69, 9.17) is 5.11 Å². The number of carbonyl (C=O) groups excluding carboxylic acids is 1. The maximum absolute atomic E-state index is 12.6. The average molecular weight is 300 g/mol. The fraction of sp³-hybridized carbons (Fsp3) is 0.800. The molecule has 3 N–H and O–H groups in total. The molecule has 110 valence electrons. The van der Waals surface area contributed by atoms with E-state index in [2.05, 4.69) is 5.32 Å². The molecule has 0 aromatic rings. The zero-order valence-corrected chi connectivity index (χ0v) is 11.0. The van der Waals surface area contributed by atoms with Crippen LogP contribution in [0.1, 0.15) is 19.3 Å².